The number of aliphatic carboxylic acids is 1. The number of ether oxygens (including phenoxy) is 1. The number of carbonyl (C=O) groups excluding carboxylic acids is 1. The van der Waals surface area contributed by atoms with Crippen molar-refractivity contribution in [2.45, 2.75) is 0 Å². The van der Waals surface area contributed by atoms with Gasteiger partial charge in [-0.15, -0.1) is 0 Å². The van der Waals surface area contributed by atoms with Crippen LogP contribution in [0.4, 0.5) is 5.69 Å². The van der Waals surface area contributed by atoms with Crippen molar-refractivity contribution in [2.75, 3.05) is 11.9 Å². The molecule has 1 amide bonds. The highest BCUT2D eigenvalue weighted by molar-refractivity contribution is 6.36. The van der Waals surface area contributed by atoms with E-state index in [4.69, 9.17) is 33.0 Å². The summed E-state index contributed by atoms with van der Waals surface area (Å²) in [5.74, 6) is -1.60. The molecule has 0 fully saturated rings. The topological polar surface area (TPSA) is 99.4 Å². The number of carboxylic acid groups (broad SMARTS) is 1. The van der Waals surface area contributed by atoms with Crippen molar-refractivity contribution in [3.05, 3.63) is 63.6 Å². The van der Waals surface area contributed by atoms with Crippen molar-refractivity contribution in [2.24, 2.45) is 0 Å². The van der Waals surface area contributed by atoms with E-state index in [0.717, 1.165) is 0 Å². The Kier molecular flexibility index (Phi) is 6.61. The molecular formula is C18H12Cl2N2O4. The predicted octanol–water partition coefficient (Wildman–Crippen LogP) is 4.00. The molecule has 0 aliphatic carbocycles. The highest BCUT2D eigenvalue weighted by Gasteiger charge is 2.13. The zero-order chi connectivity index (χ0) is 19.1. The number of para-hydroxylation sites is 1. The molecule has 0 aliphatic heterocycles. The van der Waals surface area contributed by atoms with E-state index in [1.165, 1.54) is 24.3 Å². The Labute approximate surface area is 159 Å². The summed E-state index contributed by atoms with van der Waals surface area (Å²) in [6, 6.07) is 12.8. The molecule has 2 rings (SSSR count). The molecule has 0 heterocycles. The lowest BCUT2D eigenvalue weighted by Crippen LogP contribution is -2.14. The van der Waals surface area contributed by atoms with E-state index in [0.29, 0.717) is 10.6 Å². The van der Waals surface area contributed by atoms with Gasteiger partial charge in [0, 0.05) is 10.6 Å². The van der Waals surface area contributed by atoms with Gasteiger partial charge in [-0.2, -0.15) is 5.26 Å². The minimum atomic E-state index is -1.14. The standard InChI is InChI=1S/C18H12Cl2N2O4/c19-13-5-6-14(20)15(8-13)22-18(25)12(9-21)7-11-3-1-2-4-16(11)26-10-17(23)24/h1-8H,10H2,(H,22,25)(H,23,24). The maximum atomic E-state index is 12.4. The molecule has 132 valence electrons. The minimum absolute atomic E-state index is 0.215. The third-order valence-electron chi connectivity index (χ3n) is 3.11. The molecule has 0 aliphatic rings. The molecule has 0 bridgehead atoms. The Morgan fingerprint density at radius 1 is 1.23 bits per heavy atom. The maximum absolute atomic E-state index is 12.4. The molecule has 26 heavy (non-hydrogen) atoms. The number of rotatable bonds is 6. The highest BCUT2D eigenvalue weighted by atomic mass is 35.5. The van der Waals surface area contributed by atoms with E-state index in [2.05, 4.69) is 5.32 Å². The van der Waals surface area contributed by atoms with Gasteiger partial charge in [0.15, 0.2) is 6.61 Å². The number of nitrogens with one attached hydrogen (secondary N) is 1. The monoisotopic (exact) mass is 390 g/mol. The smallest absolute Gasteiger partial charge is 0.341 e. The predicted molar refractivity (Wildman–Crippen MR) is 98.3 cm³/mol. The first-order chi connectivity index (χ1) is 12.4. The first-order valence-electron chi connectivity index (χ1n) is 7.22. The SMILES string of the molecule is N#CC(=Cc1ccccc1OCC(=O)O)C(=O)Nc1cc(Cl)ccc1Cl. The number of hydrogen-bond donors (Lipinski definition) is 2. The highest BCUT2D eigenvalue weighted by Crippen LogP contribution is 2.26. The van der Waals surface area contributed by atoms with Crippen LogP contribution < -0.4 is 10.1 Å². The molecule has 0 atom stereocenters. The zero-order valence-corrected chi connectivity index (χ0v) is 14.7. The summed E-state index contributed by atoms with van der Waals surface area (Å²) in [5, 5.41) is 21.2. The lowest BCUT2D eigenvalue weighted by atomic mass is 10.1. The molecule has 0 spiro atoms. The maximum Gasteiger partial charge on any atom is 0.341 e. The zero-order valence-electron chi connectivity index (χ0n) is 13.2. The molecular weight excluding hydrogens is 379 g/mol. The van der Waals surface area contributed by atoms with Gasteiger partial charge in [-0.05, 0) is 30.3 Å². The van der Waals surface area contributed by atoms with Crippen LogP contribution in [0.3, 0.4) is 0 Å². The average Bonchev–Trinajstić information content (AvgIpc) is 2.61. The lowest BCUT2D eigenvalue weighted by molar-refractivity contribution is -0.139. The number of nitrogens with zero attached hydrogens (tertiary/aromatic N) is 1. The molecule has 2 aromatic rings. The summed E-state index contributed by atoms with van der Waals surface area (Å²) in [6.07, 6.45) is 1.30. The number of carbonyl (C=O) groups is 2. The fourth-order valence-corrected chi connectivity index (χ4v) is 2.29. The fourth-order valence-electron chi connectivity index (χ4n) is 1.96. The van der Waals surface area contributed by atoms with Crippen LogP contribution in [0, 0.1) is 11.3 Å². The van der Waals surface area contributed by atoms with Gasteiger partial charge in [0.1, 0.15) is 17.4 Å². The van der Waals surface area contributed by atoms with Crippen molar-refractivity contribution >= 4 is 46.8 Å². The van der Waals surface area contributed by atoms with Gasteiger partial charge in [-0.1, -0.05) is 41.4 Å². The summed E-state index contributed by atoms with van der Waals surface area (Å²) >= 11 is 11.9. The molecule has 8 heteroatoms. The van der Waals surface area contributed by atoms with Crippen LogP contribution in [0.25, 0.3) is 6.08 Å². The molecule has 0 aromatic heterocycles. The van der Waals surface area contributed by atoms with E-state index in [1.807, 2.05) is 0 Å². The van der Waals surface area contributed by atoms with Gasteiger partial charge >= 0.3 is 5.97 Å². The van der Waals surface area contributed by atoms with Crippen LogP contribution in [-0.2, 0) is 9.59 Å². The van der Waals surface area contributed by atoms with E-state index in [9.17, 15) is 14.9 Å². The Bertz CT molecular complexity index is 920. The summed E-state index contributed by atoms with van der Waals surface area (Å²) in [4.78, 5) is 23.0. The second-order valence-corrected chi connectivity index (χ2v) is 5.81. The second kappa shape index (κ2) is 8.90. The van der Waals surface area contributed by atoms with E-state index < -0.39 is 18.5 Å². The van der Waals surface area contributed by atoms with Crippen molar-refractivity contribution in [1.29, 1.82) is 5.26 Å². The van der Waals surface area contributed by atoms with Crippen LogP contribution in [-0.4, -0.2) is 23.6 Å². The Morgan fingerprint density at radius 3 is 2.65 bits per heavy atom. The number of carboxylic acids is 1. The summed E-state index contributed by atoms with van der Waals surface area (Å²) in [7, 11) is 0. The van der Waals surface area contributed by atoms with Crippen LogP contribution in [0.5, 0.6) is 5.75 Å². The molecule has 2 aromatic carbocycles. The van der Waals surface area contributed by atoms with E-state index in [-0.39, 0.29) is 22.0 Å². The number of hydrogen-bond acceptors (Lipinski definition) is 4. The van der Waals surface area contributed by atoms with Gasteiger partial charge in [-0.3, -0.25) is 4.79 Å². The molecule has 2 N–H and O–H groups in total. The second-order valence-electron chi connectivity index (χ2n) is 4.97. The van der Waals surface area contributed by atoms with Gasteiger partial charge in [0.25, 0.3) is 5.91 Å². The van der Waals surface area contributed by atoms with Crippen molar-refractivity contribution in [3.63, 3.8) is 0 Å². The van der Waals surface area contributed by atoms with Gasteiger partial charge < -0.3 is 15.2 Å². The van der Waals surface area contributed by atoms with E-state index >= 15 is 0 Å². The summed E-state index contributed by atoms with van der Waals surface area (Å²) < 4.78 is 5.15. The third-order valence-corrected chi connectivity index (χ3v) is 3.68. The van der Waals surface area contributed by atoms with Crippen LogP contribution >= 0.6 is 23.2 Å². The normalized spacial score (nSPS) is 10.7. The average molecular weight is 391 g/mol. The van der Waals surface area contributed by atoms with Crippen molar-refractivity contribution < 1.29 is 19.4 Å². The summed E-state index contributed by atoms with van der Waals surface area (Å²) in [6.45, 7) is -0.545. The van der Waals surface area contributed by atoms with Crippen LogP contribution in [0.15, 0.2) is 48.0 Å². The molecule has 0 saturated heterocycles. The molecule has 0 radical (unpaired) electrons. The van der Waals surface area contributed by atoms with Gasteiger partial charge in [0.05, 0.1) is 10.7 Å². The van der Waals surface area contributed by atoms with E-state index in [1.54, 1.807) is 30.3 Å². The van der Waals surface area contributed by atoms with Crippen LogP contribution in [0.2, 0.25) is 10.0 Å². The van der Waals surface area contributed by atoms with Crippen molar-refractivity contribution in [3.8, 4) is 11.8 Å². The summed E-state index contributed by atoms with van der Waals surface area (Å²) in [5.41, 5.74) is 0.436. The van der Waals surface area contributed by atoms with Gasteiger partial charge in [0.2, 0.25) is 0 Å². The Morgan fingerprint density at radius 2 is 1.96 bits per heavy atom. The first-order valence-corrected chi connectivity index (χ1v) is 7.98. The Hall–Kier alpha value is -3.01. The number of anilines is 1. The fraction of sp³-hybridized carbons (Fsp3) is 0.0556. The Balaban J connectivity index is 2.27. The van der Waals surface area contributed by atoms with Gasteiger partial charge in [-0.25, -0.2) is 4.79 Å². The van der Waals surface area contributed by atoms with Crippen LogP contribution in [0.1, 0.15) is 5.56 Å². The number of halogens is 2. The number of benzene rings is 2. The first kappa shape index (κ1) is 19.3. The number of nitriles is 1. The quantitative estimate of drug-likeness (QED) is 0.573. The largest absolute Gasteiger partial charge is 0.481 e. The molecule has 0 saturated carbocycles. The molecule has 6 nitrogen and oxygen atoms in total. The van der Waals surface area contributed by atoms with Crippen molar-refractivity contribution in [1.82, 2.24) is 0 Å². The molecule has 0 unspecified atom stereocenters. The lowest BCUT2D eigenvalue weighted by Gasteiger charge is -2.09. The number of amides is 1. The minimum Gasteiger partial charge on any atom is -0.481 e. The third kappa shape index (κ3) is 5.24.